The Morgan fingerprint density at radius 3 is 2.45 bits per heavy atom. The molecule has 0 unspecified atom stereocenters. The fraction of sp³-hybridized carbons (Fsp3) is 0.455. The predicted molar refractivity (Wildman–Crippen MR) is 82.8 cm³/mol. The lowest BCUT2D eigenvalue weighted by molar-refractivity contribution is -0.137. The van der Waals surface area contributed by atoms with E-state index < -0.39 is 22.0 Å². The van der Waals surface area contributed by atoms with Crippen molar-refractivity contribution >= 4 is 45.0 Å². The summed E-state index contributed by atoms with van der Waals surface area (Å²) < 4.78 is 26.5. The highest BCUT2D eigenvalue weighted by atomic mass is 35.5. The van der Waals surface area contributed by atoms with Crippen LogP contribution in [0, 0.1) is 0 Å². The number of aliphatic carboxylic acids is 1. The number of carboxylic acid groups (broad SMARTS) is 1. The Bertz CT molecular complexity index is 617. The average Bonchev–Trinajstić information content (AvgIpc) is 2.87. The lowest BCUT2D eigenvalue weighted by Crippen LogP contribution is -2.40. The lowest BCUT2D eigenvalue weighted by Gasteiger charge is -2.08. The molecule has 0 spiro atoms. The minimum atomic E-state index is -3.62. The van der Waals surface area contributed by atoms with Gasteiger partial charge in [-0.15, -0.1) is 11.3 Å². The Kier molecular flexibility index (Phi) is 7.59. The monoisotopic (exact) mass is 369 g/mol. The molecule has 124 valence electrons. The molecule has 0 aliphatic heterocycles. The van der Waals surface area contributed by atoms with Crippen LogP contribution >= 0.6 is 22.9 Å². The molecule has 4 N–H and O–H groups in total. The second-order valence-electron chi connectivity index (χ2n) is 4.14. The molecule has 0 aliphatic rings. The molecule has 11 heteroatoms. The molecule has 8 nitrogen and oxygen atoms in total. The van der Waals surface area contributed by atoms with Gasteiger partial charge in [-0.1, -0.05) is 11.6 Å². The van der Waals surface area contributed by atoms with Crippen LogP contribution < -0.4 is 15.4 Å². The van der Waals surface area contributed by atoms with Crippen LogP contribution in [-0.2, 0) is 14.8 Å². The number of sulfonamides is 1. The van der Waals surface area contributed by atoms with Crippen molar-refractivity contribution in [1.82, 2.24) is 15.4 Å². The Labute approximate surface area is 136 Å². The van der Waals surface area contributed by atoms with Crippen LogP contribution in [0.4, 0.5) is 4.79 Å². The number of urea groups is 1. The first-order valence-electron chi connectivity index (χ1n) is 6.30. The summed E-state index contributed by atoms with van der Waals surface area (Å²) in [7, 11) is -3.62. The normalized spacial score (nSPS) is 11.1. The Morgan fingerprint density at radius 2 is 1.86 bits per heavy atom. The summed E-state index contributed by atoms with van der Waals surface area (Å²) in [4.78, 5) is 21.6. The molecule has 1 aromatic heterocycles. The highest BCUT2D eigenvalue weighted by Crippen LogP contribution is 2.24. The zero-order valence-corrected chi connectivity index (χ0v) is 13.9. The van der Waals surface area contributed by atoms with Crippen molar-refractivity contribution in [3.05, 3.63) is 16.5 Å². The van der Waals surface area contributed by atoms with Crippen molar-refractivity contribution < 1.29 is 23.1 Å². The smallest absolute Gasteiger partial charge is 0.314 e. The van der Waals surface area contributed by atoms with Gasteiger partial charge in [-0.25, -0.2) is 17.9 Å². The van der Waals surface area contributed by atoms with E-state index in [0.29, 0.717) is 10.8 Å². The molecular weight excluding hydrogens is 354 g/mol. The molecule has 0 atom stereocenters. The number of hydrogen-bond acceptors (Lipinski definition) is 5. The van der Waals surface area contributed by atoms with Gasteiger partial charge in [-0.05, 0) is 18.6 Å². The Morgan fingerprint density at radius 1 is 1.18 bits per heavy atom. The molecule has 0 saturated carbocycles. The van der Waals surface area contributed by atoms with Gasteiger partial charge in [0.25, 0.3) is 0 Å². The van der Waals surface area contributed by atoms with Crippen LogP contribution in [0.3, 0.4) is 0 Å². The molecule has 2 amide bonds. The summed E-state index contributed by atoms with van der Waals surface area (Å²) in [6, 6.07) is 2.41. The van der Waals surface area contributed by atoms with Gasteiger partial charge in [-0.2, -0.15) is 0 Å². The van der Waals surface area contributed by atoms with Crippen molar-refractivity contribution in [1.29, 1.82) is 0 Å². The summed E-state index contributed by atoms with van der Waals surface area (Å²) >= 11 is 6.62. The number of hydrogen-bond donors (Lipinski definition) is 4. The van der Waals surface area contributed by atoms with Crippen molar-refractivity contribution in [3.63, 3.8) is 0 Å². The van der Waals surface area contributed by atoms with E-state index in [-0.39, 0.29) is 30.3 Å². The lowest BCUT2D eigenvalue weighted by atomic mass is 10.3. The fourth-order valence-electron chi connectivity index (χ4n) is 1.38. The number of carbonyl (C=O) groups excluding carboxylic acids is 1. The molecule has 0 aliphatic carbocycles. The van der Waals surface area contributed by atoms with E-state index >= 15 is 0 Å². The van der Waals surface area contributed by atoms with Gasteiger partial charge >= 0.3 is 12.0 Å². The summed E-state index contributed by atoms with van der Waals surface area (Å²) in [5, 5.41) is 13.3. The van der Waals surface area contributed by atoms with E-state index in [9.17, 15) is 18.0 Å². The van der Waals surface area contributed by atoms with Crippen LogP contribution in [0.1, 0.15) is 12.8 Å². The molecule has 22 heavy (non-hydrogen) atoms. The molecule has 0 radical (unpaired) electrons. The van der Waals surface area contributed by atoms with Gasteiger partial charge in [-0.3, -0.25) is 4.79 Å². The van der Waals surface area contributed by atoms with Gasteiger partial charge in [0.1, 0.15) is 4.21 Å². The maximum Gasteiger partial charge on any atom is 0.314 e. The van der Waals surface area contributed by atoms with E-state index in [2.05, 4.69) is 15.4 Å². The van der Waals surface area contributed by atoms with Gasteiger partial charge in [0.2, 0.25) is 10.0 Å². The van der Waals surface area contributed by atoms with Gasteiger partial charge in [0.15, 0.2) is 0 Å². The molecule has 1 heterocycles. The summed E-state index contributed by atoms with van der Waals surface area (Å²) in [6.07, 6.45) is 0.304. The number of thiophene rings is 1. The summed E-state index contributed by atoms with van der Waals surface area (Å²) in [5.41, 5.74) is 0. The van der Waals surface area contributed by atoms with E-state index in [1.54, 1.807) is 0 Å². The zero-order chi connectivity index (χ0) is 16.6. The number of rotatable bonds is 9. The third-order valence-corrected chi connectivity index (χ3v) is 5.55. The first-order chi connectivity index (χ1) is 10.3. The third kappa shape index (κ3) is 7.07. The first-order valence-corrected chi connectivity index (χ1v) is 8.97. The van der Waals surface area contributed by atoms with Crippen molar-refractivity contribution in [2.24, 2.45) is 0 Å². The first kappa shape index (κ1) is 18.7. The van der Waals surface area contributed by atoms with Crippen molar-refractivity contribution in [3.8, 4) is 0 Å². The van der Waals surface area contributed by atoms with Gasteiger partial charge in [0, 0.05) is 26.1 Å². The standard InChI is InChI=1S/C11H16ClN3O5S2/c12-8-3-4-10(21-8)22(19,20)15-7-6-14-11(18)13-5-1-2-9(16)17/h3-4,15H,1-2,5-7H2,(H,16,17)(H2,13,14,18). The topological polar surface area (TPSA) is 125 Å². The molecule has 0 saturated heterocycles. The molecule has 0 fully saturated rings. The number of carbonyl (C=O) groups is 2. The van der Waals surface area contributed by atoms with E-state index in [0.717, 1.165) is 11.3 Å². The zero-order valence-electron chi connectivity index (χ0n) is 11.5. The van der Waals surface area contributed by atoms with Gasteiger partial charge < -0.3 is 15.7 Å². The van der Waals surface area contributed by atoms with Crippen LogP contribution in [0.25, 0.3) is 0 Å². The quantitative estimate of drug-likeness (QED) is 0.480. The highest BCUT2D eigenvalue weighted by Gasteiger charge is 2.15. The fourth-order valence-corrected chi connectivity index (χ4v) is 3.94. The summed E-state index contributed by atoms with van der Waals surface area (Å²) in [6.45, 7) is 0.362. The maximum absolute atomic E-state index is 11.8. The van der Waals surface area contributed by atoms with Crippen LogP contribution in [0.2, 0.25) is 4.34 Å². The second-order valence-corrected chi connectivity index (χ2v) is 7.85. The van der Waals surface area contributed by atoms with Crippen LogP contribution in [-0.4, -0.2) is 45.2 Å². The molecular formula is C11H16ClN3O5S2. The van der Waals surface area contributed by atoms with E-state index in [1.807, 2.05) is 0 Å². The molecule has 1 aromatic rings. The maximum atomic E-state index is 11.8. The third-order valence-electron chi connectivity index (χ3n) is 2.37. The van der Waals surface area contributed by atoms with Crippen LogP contribution in [0.5, 0.6) is 0 Å². The number of amides is 2. The predicted octanol–water partition coefficient (Wildman–Crippen LogP) is 0.844. The van der Waals surface area contributed by atoms with Crippen molar-refractivity contribution in [2.45, 2.75) is 17.1 Å². The number of carboxylic acids is 1. The molecule has 0 aromatic carbocycles. The van der Waals surface area contributed by atoms with E-state index in [4.69, 9.17) is 16.7 Å². The second kappa shape index (κ2) is 8.93. The van der Waals surface area contributed by atoms with E-state index in [1.165, 1.54) is 12.1 Å². The summed E-state index contributed by atoms with van der Waals surface area (Å²) in [5.74, 6) is -0.926. The SMILES string of the molecule is O=C(O)CCCNC(=O)NCCNS(=O)(=O)c1ccc(Cl)s1. The highest BCUT2D eigenvalue weighted by molar-refractivity contribution is 7.91. The Balaban J connectivity index is 2.19. The van der Waals surface area contributed by atoms with Crippen LogP contribution in [0.15, 0.2) is 16.3 Å². The van der Waals surface area contributed by atoms with Gasteiger partial charge in [0.05, 0.1) is 4.34 Å². The minimum absolute atomic E-state index is 0.0244. The minimum Gasteiger partial charge on any atom is -0.481 e. The molecule has 1 rings (SSSR count). The Hall–Kier alpha value is -1.36. The van der Waals surface area contributed by atoms with Crippen molar-refractivity contribution in [2.75, 3.05) is 19.6 Å². The number of nitrogens with one attached hydrogen (secondary N) is 3. The largest absolute Gasteiger partial charge is 0.481 e. The number of halogens is 1. The average molecular weight is 370 g/mol. The molecule has 0 bridgehead atoms.